The van der Waals surface area contributed by atoms with E-state index in [1.54, 1.807) is 18.5 Å². The predicted octanol–water partition coefficient (Wildman–Crippen LogP) is 4.27. The summed E-state index contributed by atoms with van der Waals surface area (Å²) in [6, 6.07) is 6.83. The van der Waals surface area contributed by atoms with E-state index in [2.05, 4.69) is 22.1 Å². The van der Waals surface area contributed by atoms with Crippen molar-refractivity contribution < 1.29 is 4.92 Å². The molecular weight excluding hydrogens is 370 g/mol. The van der Waals surface area contributed by atoms with Gasteiger partial charge in [-0.1, -0.05) is 13.0 Å². The molecule has 9 nitrogen and oxygen atoms in total. The summed E-state index contributed by atoms with van der Waals surface area (Å²) < 4.78 is 1.99. The van der Waals surface area contributed by atoms with Gasteiger partial charge in [0.2, 0.25) is 5.95 Å². The Kier molecular flexibility index (Phi) is 5.28. The van der Waals surface area contributed by atoms with E-state index in [1.165, 1.54) is 18.6 Å². The third-order valence-corrected chi connectivity index (χ3v) is 5.47. The Labute approximate surface area is 168 Å². The van der Waals surface area contributed by atoms with Crippen LogP contribution in [0.4, 0.5) is 23.1 Å². The number of non-ortho nitro benzene ring substituents is 1. The molecule has 3 aromatic rings. The summed E-state index contributed by atoms with van der Waals surface area (Å²) in [5, 5.41) is 14.4. The largest absolute Gasteiger partial charge is 0.338 e. The molecule has 0 spiro atoms. The molecule has 9 heteroatoms. The van der Waals surface area contributed by atoms with Crippen LogP contribution in [0.5, 0.6) is 0 Å². The van der Waals surface area contributed by atoms with Crippen molar-refractivity contribution in [2.75, 3.05) is 16.8 Å². The van der Waals surface area contributed by atoms with Gasteiger partial charge >= 0.3 is 0 Å². The minimum Gasteiger partial charge on any atom is -0.338 e. The average molecular weight is 395 g/mol. The molecule has 1 fully saturated rings. The average Bonchev–Trinajstić information content (AvgIpc) is 3.17. The number of imidazole rings is 1. The fourth-order valence-corrected chi connectivity index (χ4v) is 3.90. The Morgan fingerprint density at radius 1 is 1.28 bits per heavy atom. The summed E-state index contributed by atoms with van der Waals surface area (Å²) in [5.74, 6) is 1.25. The third kappa shape index (κ3) is 3.72. The van der Waals surface area contributed by atoms with Gasteiger partial charge in [-0.2, -0.15) is 9.97 Å². The highest BCUT2D eigenvalue weighted by Crippen LogP contribution is 2.30. The molecule has 1 aliphatic rings. The SMILES string of the molecule is CCC1CCCCN1c1nc(Nc2cccc([N+](=O)[O-])c2)c2ncn(CC)c2n1. The van der Waals surface area contributed by atoms with E-state index < -0.39 is 4.92 Å². The first kappa shape index (κ1) is 19.1. The monoisotopic (exact) mass is 395 g/mol. The van der Waals surface area contributed by atoms with Crippen molar-refractivity contribution >= 4 is 34.3 Å². The van der Waals surface area contributed by atoms with E-state index in [0.717, 1.165) is 38.0 Å². The first-order chi connectivity index (χ1) is 14.1. The Bertz CT molecular complexity index is 1030. The van der Waals surface area contributed by atoms with Crippen molar-refractivity contribution in [3.05, 3.63) is 40.7 Å². The van der Waals surface area contributed by atoms with E-state index in [9.17, 15) is 10.1 Å². The fraction of sp³-hybridized carbons (Fsp3) is 0.450. The van der Waals surface area contributed by atoms with E-state index in [1.807, 2.05) is 11.5 Å². The molecular formula is C20H25N7O2. The standard InChI is InChI=1S/C20H25N7O2/c1-3-15-9-5-6-11-26(15)20-23-18(17-19(24-20)25(4-2)13-21-17)22-14-8-7-10-16(12-14)27(28)29/h7-8,10,12-13,15H,3-6,9,11H2,1-2H3,(H,22,23,24). The molecule has 3 heterocycles. The summed E-state index contributed by atoms with van der Waals surface area (Å²) >= 11 is 0. The number of nitro benzene ring substituents is 1. The summed E-state index contributed by atoms with van der Waals surface area (Å²) in [4.78, 5) is 27.1. The van der Waals surface area contributed by atoms with Gasteiger partial charge in [-0.05, 0) is 38.7 Å². The van der Waals surface area contributed by atoms with E-state index in [-0.39, 0.29) is 5.69 Å². The van der Waals surface area contributed by atoms with Crippen molar-refractivity contribution in [1.29, 1.82) is 0 Å². The Morgan fingerprint density at radius 2 is 2.14 bits per heavy atom. The Morgan fingerprint density at radius 3 is 2.90 bits per heavy atom. The van der Waals surface area contributed by atoms with Crippen LogP contribution in [0, 0.1) is 10.1 Å². The Hall–Kier alpha value is -3.23. The number of rotatable bonds is 6. The number of benzene rings is 1. The lowest BCUT2D eigenvalue weighted by atomic mass is 10.0. The van der Waals surface area contributed by atoms with E-state index in [0.29, 0.717) is 29.0 Å². The maximum absolute atomic E-state index is 11.1. The van der Waals surface area contributed by atoms with Gasteiger partial charge < -0.3 is 14.8 Å². The van der Waals surface area contributed by atoms with Crippen LogP contribution in [0.2, 0.25) is 0 Å². The van der Waals surface area contributed by atoms with Gasteiger partial charge in [0.15, 0.2) is 17.0 Å². The second-order valence-electron chi connectivity index (χ2n) is 7.26. The third-order valence-electron chi connectivity index (χ3n) is 5.47. The maximum Gasteiger partial charge on any atom is 0.271 e. The molecule has 1 saturated heterocycles. The summed E-state index contributed by atoms with van der Waals surface area (Å²) in [7, 11) is 0. The van der Waals surface area contributed by atoms with E-state index >= 15 is 0 Å². The van der Waals surface area contributed by atoms with Crippen molar-refractivity contribution in [2.45, 2.75) is 52.1 Å². The topological polar surface area (TPSA) is 102 Å². The number of aryl methyl sites for hydroxylation is 1. The van der Waals surface area contributed by atoms with Gasteiger partial charge in [-0.15, -0.1) is 0 Å². The lowest BCUT2D eigenvalue weighted by Gasteiger charge is -2.35. The van der Waals surface area contributed by atoms with Crippen molar-refractivity contribution in [3.8, 4) is 0 Å². The zero-order valence-electron chi connectivity index (χ0n) is 16.7. The molecule has 152 valence electrons. The molecule has 2 aromatic heterocycles. The first-order valence-corrected chi connectivity index (χ1v) is 10.1. The van der Waals surface area contributed by atoms with Crippen molar-refractivity contribution in [1.82, 2.24) is 19.5 Å². The predicted molar refractivity (Wildman–Crippen MR) is 113 cm³/mol. The molecule has 29 heavy (non-hydrogen) atoms. The highest BCUT2D eigenvalue weighted by atomic mass is 16.6. The highest BCUT2D eigenvalue weighted by Gasteiger charge is 2.25. The van der Waals surface area contributed by atoms with Crippen LogP contribution >= 0.6 is 0 Å². The molecule has 1 unspecified atom stereocenters. The quantitative estimate of drug-likeness (QED) is 0.491. The number of nitrogens with one attached hydrogen (secondary N) is 1. The van der Waals surface area contributed by atoms with Gasteiger partial charge in [0.25, 0.3) is 5.69 Å². The number of hydrogen-bond donors (Lipinski definition) is 1. The normalized spacial score (nSPS) is 16.9. The summed E-state index contributed by atoms with van der Waals surface area (Å²) in [6.45, 7) is 5.92. The minimum atomic E-state index is -0.405. The lowest BCUT2D eigenvalue weighted by Crippen LogP contribution is -2.40. The summed E-state index contributed by atoms with van der Waals surface area (Å²) in [5.41, 5.74) is 2.06. The number of hydrogen-bond acceptors (Lipinski definition) is 7. The van der Waals surface area contributed by atoms with Gasteiger partial charge in [0, 0.05) is 37.0 Å². The molecule has 1 aromatic carbocycles. The van der Waals surface area contributed by atoms with Gasteiger partial charge in [-0.3, -0.25) is 10.1 Å². The van der Waals surface area contributed by atoms with Crippen LogP contribution in [0.1, 0.15) is 39.5 Å². The van der Waals surface area contributed by atoms with Crippen LogP contribution < -0.4 is 10.2 Å². The van der Waals surface area contributed by atoms with E-state index in [4.69, 9.17) is 9.97 Å². The molecule has 1 N–H and O–H groups in total. The molecule has 0 radical (unpaired) electrons. The molecule has 0 amide bonds. The van der Waals surface area contributed by atoms with Crippen LogP contribution in [-0.2, 0) is 6.54 Å². The van der Waals surface area contributed by atoms with Gasteiger partial charge in [-0.25, -0.2) is 4.98 Å². The number of nitro groups is 1. The second kappa shape index (κ2) is 8.02. The number of aromatic nitrogens is 4. The Balaban J connectivity index is 1.79. The molecule has 4 rings (SSSR count). The van der Waals surface area contributed by atoms with Crippen molar-refractivity contribution in [2.24, 2.45) is 0 Å². The van der Waals surface area contributed by atoms with Gasteiger partial charge in [0.1, 0.15) is 0 Å². The molecule has 1 atom stereocenters. The minimum absolute atomic E-state index is 0.0293. The number of nitrogens with zero attached hydrogens (tertiary/aromatic N) is 6. The van der Waals surface area contributed by atoms with Crippen LogP contribution in [0.3, 0.4) is 0 Å². The number of fused-ring (bicyclic) bond motifs is 1. The second-order valence-corrected chi connectivity index (χ2v) is 7.26. The molecule has 0 aliphatic carbocycles. The van der Waals surface area contributed by atoms with Crippen molar-refractivity contribution in [3.63, 3.8) is 0 Å². The van der Waals surface area contributed by atoms with Crippen LogP contribution in [-0.4, -0.2) is 37.0 Å². The fourth-order valence-electron chi connectivity index (χ4n) is 3.90. The van der Waals surface area contributed by atoms with Gasteiger partial charge in [0.05, 0.1) is 11.3 Å². The molecule has 1 aliphatic heterocycles. The highest BCUT2D eigenvalue weighted by molar-refractivity contribution is 5.86. The van der Waals surface area contributed by atoms with Crippen LogP contribution in [0.15, 0.2) is 30.6 Å². The summed E-state index contributed by atoms with van der Waals surface area (Å²) in [6.07, 6.45) is 6.29. The maximum atomic E-state index is 11.1. The molecule has 0 saturated carbocycles. The lowest BCUT2D eigenvalue weighted by molar-refractivity contribution is -0.384. The zero-order valence-corrected chi connectivity index (χ0v) is 16.7. The smallest absolute Gasteiger partial charge is 0.271 e. The number of anilines is 3. The first-order valence-electron chi connectivity index (χ1n) is 10.1. The molecule has 0 bridgehead atoms. The van der Waals surface area contributed by atoms with Crippen LogP contribution in [0.25, 0.3) is 11.2 Å². The zero-order chi connectivity index (χ0) is 20.4. The number of piperidine rings is 1.